The fourth-order valence-corrected chi connectivity index (χ4v) is 1.43. The van der Waals surface area contributed by atoms with Crippen LogP contribution in [0.25, 0.3) is 0 Å². The molecule has 2 heterocycles. The fourth-order valence-electron chi connectivity index (χ4n) is 1.24. The van der Waals surface area contributed by atoms with Gasteiger partial charge in [-0.15, -0.1) is 0 Å². The zero-order valence-corrected chi connectivity index (χ0v) is 8.57. The molecule has 2 aromatic heterocycles. The molecule has 2 rings (SSSR count). The molecule has 3 nitrogen and oxygen atoms in total. The van der Waals surface area contributed by atoms with Crippen LogP contribution in [0.3, 0.4) is 0 Å². The van der Waals surface area contributed by atoms with Gasteiger partial charge in [-0.05, 0) is 23.8 Å². The van der Waals surface area contributed by atoms with Gasteiger partial charge in [-0.2, -0.15) is 0 Å². The smallest absolute Gasteiger partial charge is 0.202 e. The van der Waals surface area contributed by atoms with Crippen molar-refractivity contribution in [2.45, 2.75) is 6.42 Å². The largest absolute Gasteiger partial charge is 0.461 e. The predicted octanol–water partition coefficient (Wildman–Crippen LogP) is 2.75. The van der Waals surface area contributed by atoms with Crippen LogP contribution in [-0.2, 0) is 6.42 Å². The van der Waals surface area contributed by atoms with Crippen molar-refractivity contribution in [1.82, 2.24) is 4.98 Å². The monoisotopic (exact) mass is 221 g/mol. The second-order valence-electron chi connectivity index (χ2n) is 3.04. The number of carbonyl (C=O) groups excluding carboxylic acids is 1. The van der Waals surface area contributed by atoms with E-state index in [-0.39, 0.29) is 12.2 Å². The van der Waals surface area contributed by atoms with Gasteiger partial charge in [-0.1, -0.05) is 11.6 Å². The van der Waals surface area contributed by atoms with Gasteiger partial charge in [-0.25, -0.2) is 0 Å². The van der Waals surface area contributed by atoms with Crippen molar-refractivity contribution < 1.29 is 9.21 Å². The molecule has 0 saturated carbocycles. The minimum Gasteiger partial charge on any atom is -0.461 e. The summed E-state index contributed by atoms with van der Waals surface area (Å²) in [5.74, 6) is 0.260. The average molecular weight is 222 g/mol. The molecule has 0 bridgehead atoms. The minimum atomic E-state index is -0.0897. The third-order valence-electron chi connectivity index (χ3n) is 2.00. The lowest BCUT2D eigenvalue weighted by Gasteiger charge is -2.00. The molecule has 76 valence electrons. The highest BCUT2D eigenvalue weighted by Crippen LogP contribution is 2.16. The molecule has 0 unspecified atom stereocenters. The standard InChI is InChI=1S/C11H8ClNO2/c12-9-7-13-4-3-8(9)6-10(14)11-2-1-5-15-11/h1-5,7H,6H2. The van der Waals surface area contributed by atoms with Crippen LogP contribution in [0.2, 0.25) is 5.02 Å². The molecule has 0 saturated heterocycles. The lowest BCUT2D eigenvalue weighted by molar-refractivity contribution is 0.0966. The Hall–Kier alpha value is -1.61. The fraction of sp³-hybridized carbons (Fsp3) is 0.0909. The number of pyridine rings is 1. The topological polar surface area (TPSA) is 43.1 Å². The molecule has 0 aliphatic heterocycles. The molecule has 0 atom stereocenters. The summed E-state index contributed by atoms with van der Waals surface area (Å²) in [5.41, 5.74) is 0.757. The number of hydrogen-bond acceptors (Lipinski definition) is 3. The third kappa shape index (κ3) is 2.25. The van der Waals surface area contributed by atoms with Gasteiger partial charge in [0.25, 0.3) is 0 Å². The Bertz CT molecular complexity index is 465. The number of halogens is 1. The number of ketones is 1. The van der Waals surface area contributed by atoms with Crippen LogP contribution < -0.4 is 0 Å². The van der Waals surface area contributed by atoms with Gasteiger partial charge in [0.1, 0.15) is 0 Å². The van der Waals surface area contributed by atoms with Crippen molar-refractivity contribution in [2.24, 2.45) is 0 Å². The van der Waals surface area contributed by atoms with Crippen molar-refractivity contribution in [1.29, 1.82) is 0 Å². The summed E-state index contributed by atoms with van der Waals surface area (Å²) in [4.78, 5) is 15.5. The third-order valence-corrected chi connectivity index (χ3v) is 2.34. The van der Waals surface area contributed by atoms with Crippen molar-refractivity contribution in [3.8, 4) is 0 Å². The molecule has 0 fully saturated rings. The van der Waals surface area contributed by atoms with Gasteiger partial charge in [-0.3, -0.25) is 9.78 Å². The van der Waals surface area contributed by atoms with E-state index >= 15 is 0 Å². The first-order chi connectivity index (χ1) is 7.27. The first-order valence-electron chi connectivity index (χ1n) is 4.42. The number of aromatic nitrogens is 1. The molecule has 0 aliphatic carbocycles. The van der Waals surface area contributed by atoms with Gasteiger partial charge in [0.2, 0.25) is 5.78 Å². The van der Waals surface area contributed by atoms with E-state index in [1.54, 1.807) is 24.4 Å². The Morgan fingerprint density at radius 1 is 1.47 bits per heavy atom. The summed E-state index contributed by atoms with van der Waals surface area (Å²) in [6.07, 6.45) is 4.83. The molecule has 2 aromatic rings. The second kappa shape index (κ2) is 4.28. The molecule has 0 aromatic carbocycles. The van der Waals surface area contributed by atoms with Crippen LogP contribution in [0.5, 0.6) is 0 Å². The summed E-state index contributed by atoms with van der Waals surface area (Å²) in [5, 5.41) is 0.498. The number of Topliss-reactive ketones (excluding diaryl/α,β-unsaturated/α-hetero) is 1. The van der Waals surface area contributed by atoms with Gasteiger partial charge in [0.15, 0.2) is 5.76 Å². The van der Waals surface area contributed by atoms with E-state index in [2.05, 4.69) is 4.98 Å². The number of rotatable bonds is 3. The summed E-state index contributed by atoms with van der Waals surface area (Å²) >= 11 is 5.88. The molecular formula is C11H8ClNO2. The Balaban J connectivity index is 2.17. The van der Waals surface area contributed by atoms with Crippen molar-refractivity contribution in [3.05, 3.63) is 53.2 Å². The second-order valence-corrected chi connectivity index (χ2v) is 3.45. The van der Waals surface area contributed by atoms with Crippen LogP contribution in [0.4, 0.5) is 0 Å². The molecule has 0 aliphatic rings. The molecule has 0 spiro atoms. The first-order valence-corrected chi connectivity index (χ1v) is 4.80. The van der Waals surface area contributed by atoms with Gasteiger partial charge >= 0.3 is 0 Å². The quantitative estimate of drug-likeness (QED) is 0.749. The van der Waals surface area contributed by atoms with E-state index in [1.807, 2.05) is 0 Å². The summed E-state index contributed by atoms with van der Waals surface area (Å²) in [6.45, 7) is 0. The minimum absolute atomic E-state index is 0.0897. The normalized spacial score (nSPS) is 10.2. The Morgan fingerprint density at radius 3 is 3.00 bits per heavy atom. The molecule has 0 amide bonds. The number of furan rings is 1. The van der Waals surface area contributed by atoms with Crippen molar-refractivity contribution in [2.75, 3.05) is 0 Å². The van der Waals surface area contributed by atoms with Crippen LogP contribution in [0.15, 0.2) is 41.3 Å². The summed E-state index contributed by atoms with van der Waals surface area (Å²) in [6, 6.07) is 5.04. The molecular weight excluding hydrogens is 214 g/mol. The van der Waals surface area contributed by atoms with E-state index in [0.717, 1.165) is 5.56 Å². The first kappa shape index (κ1) is 9.93. The Labute approximate surface area is 91.7 Å². The van der Waals surface area contributed by atoms with Gasteiger partial charge in [0.05, 0.1) is 11.3 Å². The number of carbonyl (C=O) groups is 1. The highest BCUT2D eigenvalue weighted by atomic mass is 35.5. The maximum absolute atomic E-state index is 11.7. The van der Waals surface area contributed by atoms with E-state index in [0.29, 0.717) is 10.8 Å². The van der Waals surface area contributed by atoms with E-state index in [9.17, 15) is 4.79 Å². The lowest BCUT2D eigenvalue weighted by Crippen LogP contribution is -2.02. The van der Waals surface area contributed by atoms with E-state index < -0.39 is 0 Å². The Kier molecular flexibility index (Phi) is 2.83. The van der Waals surface area contributed by atoms with Gasteiger partial charge < -0.3 is 4.42 Å². The number of nitrogens with zero attached hydrogens (tertiary/aromatic N) is 1. The van der Waals surface area contributed by atoms with Crippen LogP contribution in [-0.4, -0.2) is 10.8 Å². The molecule has 0 N–H and O–H groups in total. The van der Waals surface area contributed by atoms with E-state index in [4.69, 9.17) is 16.0 Å². The summed E-state index contributed by atoms with van der Waals surface area (Å²) in [7, 11) is 0. The molecule has 15 heavy (non-hydrogen) atoms. The SMILES string of the molecule is O=C(Cc1ccncc1Cl)c1ccco1. The zero-order valence-electron chi connectivity index (χ0n) is 7.81. The molecule has 0 radical (unpaired) electrons. The van der Waals surface area contributed by atoms with Crippen molar-refractivity contribution >= 4 is 17.4 Å². The number of hydrogen-bond donors (Lipinski definition) is 0. The Morgan fingerprint density at radius 2 is 2.33 bits per heavy atom. The highest BCUT2D eigenvalue weighted by molar-refractivity contribution is 6.31. The predicted molar refractivity (Wildman–Crippen MR) is 56.0 cm³/mol. The van der Waals surface area contributed by atoms with Crippen LogP contribution in [0.1, 0.15) is 16.1 Å². The highest BCUT2D eigenvalue weighted by Gasteiger charge is 2.11. The average Bonchev–Trinajstić information content (AvgIpc) is 2.74. The zero-order chi connectivity index (χ0) is 10.7. The maximum atomic E-state index is 11.7. The van der Waals surface area contributed by atoms with Crippen LogP contribution >= 0.6 is 11.6 Å². The molecule has 4 heteroatoms. The van der Waals surface area contributed by atoms with Gasteiger partial charge in [0, 0.05) is 18.8 Å². The van der Waals surface area contributed by atoms with Crippen molar-refractivity contribution in [3.63, 3.8) is 0 Å². The maximum Gasteiger partial charge on any atom is 0.202 e. The van der Waals surface area contributed by atoms with Crippen LogP contribution in [0, 0.1) is 0 Å². The van der Waals surface area contributed by atoms with E-state index in [1.165, 1.54) is 12.5 Å². The lowest BCUT2D eigenvalue weighted by atomic mass is 10.1. The summed E-state index contributed by atoms with van der Waals surface area (Å²) < 4.78 is 5.00.